The molecule has 1 aliphatic carbocycles. The number of hydrogen-bond donors (Lipinski definition) is 1. The number of likely N-dealkylation sites (tertiary alicyclic amines) is 1. The molecule has 18 heavy (non-hydrogen) atoms. The first-order valence-corrected chi connectivity index (χ1v) is 7.97. The molecule has 1 saturated carbocycles. The van der Waals surface area contributed by atoms with E-state index in [4.69, 9.17) is 0 Å². The maximum Gasteiger partial charge on any atom is 0.0190 e. The topological polar surface area (TPSA) is 15.3 Å². The largest absolute Gasteiger partial charge is 0.314 e. The van der Waals surface area contributed by atoms with Crippen molar-refractivity contribution in [2.24, 2.45) is 5.41 Å². The smallest absolute Gasteiger partial charge is 0.0190 e. The maximum absolute atomic E-state index is 3.65. The third-order valence-electron chi connectivity index (χ3n) is 5.46. The highest BCUT2D eigenvalue weighted by atomic mass is 15.1. The van der Waals surface area contributed by atoms with E-state index in [1.54, 1.807) is 0 Å². The Bertz CT molecular complexity index is 244. The normalized spacial score (nSPS) is 28.2. The Morgan fingerprint density at radius 3 is 2.11 bits per heavy atom. The van der Waals surface area contributed by atoms with Gasteiger partial charge in [-0.05, 0) is 64.2 Å². The van der Waals surface area contributed by atoms with Gasteiger partial charge in [-0.2, -0.15) is 0 Å². The zero-order valence-corrected chi connectivity index (χ0v) is 12.7. The molecule has 0 atom stereocenters. The van der Waals surface area contributed by atoms with Crippen molar-refractivity contribution in [1.82, 2.24) is 10.2 Å². The molecule has 2 rings (SSSR count). The summed E-state index contributed by atoms with van der Waals surface area (Å²) in [5, 5.41) is 3.65. The lowest BCUT2D eigenvalue weighted by Crippen LogP contribution is -2.48. The van der Waals surface area contributed by atoms with Gasteiger partial charge in [0.2, 0.25) is 0 Å². The molecule has 1 N–H and O–H groups in total. The van der Waals surface area contributed by atoms with Crippen LogP contribution in [0.3, 0.4) is 0 Å². The predicted octanol–water partition coefficient (Wildman–Crippen LogP) is 3.42. The van der Waals surface area contributed by atoms with Gasteiger partial charge in [0.15, 0.2) is 0 Å². The highest BCUT2D eigenvalue weighted by Crippen LogP contribution is 2.33. The van der Waals surface area contributed by atoms with Crippen LogP contribution in [0.5, 0.6) is 0 Å². The molecular formula is C16H32N2. The van der Waals surface area contributed by atoms with Crippen LogP contribution >= 0.6 is 0 Å². The average Bonchev–Trinajstić information content (AvgIpc) is 2.39. The predicted molar refractivity (Wildman–Crippen MR) is 78.9 cm³/mol. The van der Waals surface area contributed by atoms with Crippen molar-refractivity contribution in [3.8, 4) is 0 Å². The van der Waals surface area contributed by atoms with Crippen molar-refractivity contribution in [2.75, 3.05) is 26.7 Å². The lowest BCUT2D eigenvalue weighted by molar-refractivity contribution is 0.113. The zero-order valence-electron chi connectivity index (χ0n) is 12.7. The first kappa shape index (κ1) is 14.3. The maximum atomic E-state index is 3.65. The Morgan fingerprint density at radius 2 is 1.56 bits per heavy atom. The van der Waals surface area contributed by atoms with Crippen molar-refractivity contribution < 1.29 is 0 Å². The first-order chi connectivity index (χ1) is 8.55. The molecule has 2 nitrogen and oxygen atoms in total. The van der Waals surface area contributed by atoms with Crippen LogP contribution in [0.1, 0.15) is 65.2 Å². The van der Waals surface area contributed by atoms with E-state index in [1.807, 2.05) is 0 Å². The highest BCUT2D eigenvalue weighted by molar-refractivity contribution is 4.91. The fourth-order valence-corrected chi connectivity index (χ4v) is 3.61. The van der Waals surface area contributed by atoms with Gasteiger partial charge in [0.1, 0.15) is 0 Å². The van der Waals surface area contributed by atoms with Gasteiger partial charge in [0.25, 0.3) is 0 Å². The van der Waals surface area contributed by atoms with Crippen LogP contribution in [0, 0.1) is 5.41 Å². The Morgan fingerprint density at radius 1 is 0.944 bits per heavy atom. The number of rotatable bonds is 4. The van der Waals surface area contributed by atoms with E-state index in [2.05, 4.69) is 31.1 Å². The number of hydrogen-bond acceptors (Lipinski definition) is 2. The molecule has 2 heteroatoms. The number of piperidine rings is 1. The van der Waals surface area contributed by atoms with E-state index in [9.17, 15) is 0 Å². The molecule has 0 aromatic heterocycles. The van der Waals surface area contributed by atoms with Gasteiger partial charge >= 0.3 is 0 Å². The first-order valence-electron chi connectivity index (χ1n) is 7.97. The van der Waals surface area contributed by atoms with Gasteiger partial charge in [-0.25, -0.2) is 0 Å². The summed E-state index contributed by atoms with van der Waals surface area (Å²) in [6.45, 7) is 8.76. The SMILES string of the molecule is CNC1(CCN2CCC(C)(C)CC2)CCCCC1. The molecule has 2 aliphatic rings. The molecule has 1 saturated heterocycles. The summed E-state index contributed by atoms with van der Waals surface area (Å²) in [7, 11) is 2.17. The summed E-state index contributed by atoms with van der Waals surface area (Å²) >= 11 is 0. The quantitative estimate of drug-likeness (QED) is 0.825. The third kappa shape index (κ3) is 3.71. The standard InChI is InChI=1S/C16H32N2/c1-15(2)9-12-18(13-10-15)14-11-16(17-3)7-5-4-6-8-16/h17H,4-14H2,1-3H3. The fourth-order valence-electron chi connectivity index (χ4n) is 3.61. The van der Waals surface area contributed by atoms with Crippen LogP contribution in [0.25, 0.3) is 0 Å². The van der Waals surface area contributed by atoms with Crippen molar-refractivity contribution in [3.63, 3.8) is 0 Å². The number of nitrogens with zero attached hydrogens (tertiary/aromatic N) is 1. The van der Waals surface area contributed by atoms with Crippen LogP contribution in [-0.2, 0) is 0 Å². The molecular weight excluding hydrogens is 220 g/mol. The van der Waals surface area contributed by atoms with Crippen LogP contribution in [-0.4, -0.2) is 37.1 Å². The van der Waals surface area contributed by atoms with Gasteiger partial charge in [0.05, 0.1) is 0 Å². The molecule has 0 aromatic rings. The summed E-state index contributed by atoms with van der Waals surface area (Å²) in [5.41, 5.74) is 1.05. The van der Waals surface area contributed by atoms with E-state index in [1.165, 1.54) is 71.0 Å². The highest BCUT2D eigenvalue weighted by Gasteiger charge is 2.31. The van der Waals surface area contributed by atoms with Gasteiger partial charge in [-0.15, -0.1) is 0 Å². The van der Waals surface area contributed by atoms with Crippen molar-refractivity contribution in [2.45, 2.75) is 70.8 Å². The molecule has 106 valence electrons. The summed E-state index contributed by atoms with van der Waals surface area (Å²) in [4.78, 5) is 2.69. The fraction of sp³-hybridized carbons (Fsp3) is 1.00. The summed E-state index contributed by atoms with van der Waals surface area (Å²) in [6.07, 6.45) is 11.2. The van der Waals surface area contributed by atoms with Crippen LogP contribution in [0.4, 0.5) is 0 Å². The second-order valence-electron chi connectivity index (χ2n) is 7.35. The second-order valence-corrected chi connectivity index (χ2v) is 7.35. The lowest BCUT2D eigenvalue weighted by Gasteiger charge is -2.41. The Balaban J connectivity index is 1.76. The Labute approximate surface area is 114 Å². The molecule has 0 unspecified atom stereocenters. The zero-order chi connectivity index (χ0) is 13.1. The van der Waals surface area contributed by atoms with E-state index in [0.29, 0.717) is 11.0 Å². The Hall–Kier alpha value is -0.0800. The molecule has 0 spiro atoms. The van der Waals surface area contributed by atoms with Gasteiger partial charge in [0, 0.05) is 5.54 Å². The van der Waals surface area contributed by atoms with Crippen molar-refractivity contribution in [1.29, 1.82) is 0 Å². The number of nitrogens with one attached hydrogen (secondary N) is 1. The van der Waals surface area contributed by atoms with Crippen LogP contribution in [0.15, 0.2) is 0 Å². The second kappa shape index (κ2) is 5.92. The van der Waals surface area contributed by atoms with E-state index >= 15 is 0 Å². The van der Waals surface area contributed by atoms with Crippen LogP contribution < -0.4 is 5.32 Å². The minimum absolute atomic E-state index is 0.464. The molecule has 1 aliphatic heterocycles. The average molecular weight is 252 g/mol. The van der Waals surface area contributed by atoms with Crippen LogP contribution in [0.2, 0.25) is 0 Å². The summed E-state index contributed by atoms with van der Waals surface area (Å²) in [6, 6.07) is 0. The Kier molecular flexibility index (Phi) is 4.71. The van der Waals surface area contributed by atoms with Crippen molar-refractivity contribution in [3.05, 3.63) is 0 Å². The molecule has 0 bridgehead atoms. The summed E-state index contributed by atoms with van der Waals surface area (Å²) < 4.78 is 0. The summed E-state index contributed by atoms with van der Waals surface area (Å²) in [5.74, 6) is 0. The van der Waals surface area contributed by atoms with E-state index in [0.717, 1.165) is 0 Å². The van der Waals surface area contributed by atoms with Crippen molar-refractivity contribution >= 4 is 0 Å². The van der Waals surface area contributed by atoms with Gasteiger partial charge in [-0.3, -0.25) is 0 Å². The molecule has 0 radical (unpaired) electrons. The van der Waals surface area contributed by atoms with Gasteiger partial charge in [-0.1, -0.05) is 33.1 Å². The molecule has 0 amide bonds. The monoisotopic (exact) mass is 252 g/mol. The lowest BCUT2D eigenvalue weighted by atomic mass is 9.78. The molecule has 2 fully saturated rings. The molecule has 1 heterocycles. The third-order valence-corrected chi connectivity index (χ3v) is 5.46. The van der Waals surface area contributed by atoms with E-state index in [-0.39, 0.29) is 0 Å². The minimum atomic E-state index is 0.464. The van der Waals surface area contributed by atoms with E-state index < -0.39 is 0 Å². The van der Waals surface area contributed by atoms with Gasteiger partial charge < -0.3 is 10.2 Å². The minimum Gasteiger partial charge on any atom is -0.314 e. The molecule has 0 aromatic carbocycles.